The van der Waals surface area contributed by atoms with Gasteiger partial charge in [0.05, 0.1) is 11.1 Å². The van der Waals surface area contributed by atoms with Crippen LogP contribution in [0.5, 0.6) is 0 Å². The minimum Gasteiger partial charge on any atom is -0.634 e. The molecule has 2 nitrogen and oxygen atoms in total. The van der Waals surface area contributed by atoms with Crippen LogP contribution in [0.25, 0.3) is 0 Å². The predicted molar refractivity (Wildman–Crippen MR) is 56.7 cm³/mol. The van der Waals surface area contributed by atoms with Gasteiger partial charge in [-0.2, -0.15) is 0 Å². The first-order valence-electron chi connectivity index (χ1n) is 4.41. The standard InChI is InChI=1S/C9H19NO.BrH/c1-8(2)6-5-7-9(3,4)10(8)11;/h10H,5-7H2,1-4H3;1H. The molecule has 0 atom stereocenters. The Labute approximate surface area is 85.7 Å². The van der Waals surface area contributed by atoms with Crippen molar-refractivity contribution in [1.82, 2.24) is 0 Å². The number of hydrogen-bond donors (Lipinski definition) is 1. The molecule has 0 radical (unpaired) electrons. The van der Waals surface area contributed by atoms with Crippen molar-refractivity contribution < 1.29 is 5.06 Å². The zero-order chi connectivity index (χ0) is 8.70. The summed E-state index contributed by atoms with van der Waals surface area (Å²) in [4.78, 5) is 0. The molecule has 0 unspecified atom stereocenters. The third-order valence-corrected chi connectivity index (χ3v) is 2.83. The summed E-state index contributed by atoms with van der Waals surface area (Å²) in [6.45, 7) is 8.26. The fourth-order valence-electron chi connectivity index (χ4n) is 2.12. The third kappa shape index (κ3) is 2.21. The molecule has 1 N–H and O–H groups in total. The maximum Gasteiger partial charge on any atom is 0.0921 e. The summed E-state index contributed by atoms with van der Waals surface area (Å²) >= 11 is 0. The molecule has 74 valence electrons. The van der Waals surface area contributed by atoms with Crippen molar-refractivity contribution in [2.45, 2.75) is 58.0 Å². The molecule has 1 rings (SSSR count). The Kier molecular flexibility index (Phi) is 3.76. The average molecular weight is 238 g/mol. The molecule has 1 heterocycles. The topological polar surface area (TPSA) is 27.5 Å². The van der Waals surface area contributed by atoms with Gasteiger partial charge in [0.15, 0.2) is 0 Å². The number of quaternary nitrogens is 1. The van der Waals surface area contributed by atoms with E-state index in [0.29, 0.717) is 5.06 Å². The van der Waals surface area contributed by atoms with Crippen molar-refractivity contribution in [2.24, 2.45) is 0 Å². The number of hydroxylamine groups is 2. The maximum atomic E-state index is 11.8. The number of rotatable bonds is 0. The molecular weight excluding hydrogens is 218 g/mol. The summed E-state index contributed by atoms with van der Waals surface area (Å²) in [7, 11) is 0. The van der Waals surface area contributed by atoms with Gasteiger partial charge in [-0.1, -0.05) is 0 Å². The molecule has 1 aliphatic rings. The summed E-state index contributed by atoms with van der Waals surface area (Å²) < 4.78 is 0. The second kappa shape index (κ2) is 3.64. The van der Waals surface area contributed by atoms with Gasteiger partial charge in [-0.15, -0.1) is 17.0 Å². The first-order chi connectivity index (χ1) is 4.86. The van der Waals surface area contributed by atoms with E-state index in [0.717, 1.165) is 12.8 Å². The average Bonchev–Trinajstić information content (AvgIpc) is 1.82. The predicted octanol–water partition coefficient (Wildman–Crippen LogP) is 1.69. The summed E-state index contributed by atoms with van der Waals surface area (Å²) in [5, 5.41) is 12.2. The zero-order valence-corrected chi connectivity index (χ0v) is 10.2. The monoisotopic (exact) mass is 237 g/mol. The molecule has 1 saturated heterocycles. The third-order valence-electron chi connectivity index (χ3n) is 2.83. The van der Waals surface area contributed by atoms with Gasteiger partial charge in [-0.3, -0.25) is 0 Å². The highest BCUT2D eigenvalue weighted by molar-refractivity contribution is 8.93. The number of halogens is 1. The Bertz CT molecular complexity index is 141. The summed E-state index contributed by atoms with van der Waals surface area (Å²) in [5.41, 5.74) is -0.135. The smallest absolute Gasteiger partial charge is 0.0921 e. The van der Waals surface area contributed by atoms with E-state index in [1.54, 1.807) is 0 Å². The Morgan fingerprint density at radius 1 is 1.00 bits per heavy atom. The van der Waals surface area contributed by atoms with Gasteiger partial charge in [0.25, 0.3) is 0 Å². The van der Waals surface area contributed by atoms with Crippen molar-refractivity contribution in [2.75, 3.05) is 0 Å². The van der Waals surface area contributed by atoms with Gasteiger partial charge in [0.1, 0.15) is 0 Å². The quantitative estimate of drug-likeness (QED) is 0.639. The van der Waals surface area contributed by atoms with E-state index < -0.39 is 0 Å². The summed E-state index contributed by atoms with van der Waals surface area (Å²) in [5.74, 6) is 0. The van der Waals surface area contributed by atoms with E-state index >= 15 is 0 Å². The lowest BCUT2D eigenvalue weighted by molar-refractivity contribution is -0.955. The lowest BCUT2D eigenvalue weighted by atomic mass is 9.82. The molecule has 0 aromatic carbocycles. The molecule has 1 aliphatic heterocycles. The lowest BCUT2D eigenvalue weighted by Crippen LogP contribution is -3.22. The van der Waals surface area contributed by atoms with Crippen LogP contribution in [0, 0.1) is 5.21 Å². The van der Waals surface area contributed by atoms with Crippen LogP contribution in [-0.2, 0) is 0 Å². The van der Waals surface area contributed by atoms with Gasteiger partial charge in [0.2, 0.25) is 0 Å². The van der Waals surface area contributed by atoms with Crippen molar-refractivity contribution in [3.63, 3.8) is 0 Å². The van der Waals surface area contributed by atoms with Gasteiger partial charge in [-0.25, -0.2) is 0 Å². The molecule has 0 aliphatic carbocycles. The molecule has 0 aromatic rings. The molecule has 1 fully saturated rings. The van der Waals surface area contributed by atoms with Crippen molar-refractivity contribution in [1.29, 1.82) is 0 Å². The van der Waals surface area contributed by atoms with Crippen LogP contribution in [0.1, 0.15) is 47.0 Å². The van der Waals surface area contributed by atoms with Crippen LogP contribution in [-0.4, -0.2) is 11.1 Å². The second-order valence-electron chi connectivity index (χ2n) is 4.95. The van der Waals surface area contributed by atoms with Crippen molar-refractivity contribution >= 4 is 17.0 Å². The first-order valence-corrected chi connectivity index (χ1v) is 4.41. The van der Waals surface area contributed by atoms with Gasteiger partial charge < -0.3 is 10.3 Å². The molecule has 0 aromatic heterocycles. The SMILES string of the molecule is Br.CC1(C)CCCC(C)(C)[NH+]1[O-]. The highest BCUT2D eigenvalue weighted by atomic mass is 79.9. The molecule has 12 heavy (non-hydrogen) atoms. The molecule has 0 saturated carbocycles. The van der Waals surface area contributed by atoms with E-state index in [2.05, 4.69) is 27.7 Å². The number of hydrogen-bond acceptors (Lipinski definition) is 1. The highest BCUT2D eigenvalue weighted by Crippen LogP contribution is 2.22. The molecule has 3 heteroatoms. The molecule has 0 spiro atoms. The Morgan fingerprint density at radius 3 is 1.58 bits per heavy atom. The minimum atomic E-state index is -0.0677. The highest BCUT2D eigenvalue weighted by Gasteiger charge is 2.40. The van der Waals surface area contributed by atoms with E-state index in [1.165, 1.54) is 6.42 Å². The fourth-order valence-corrected chi connectivity index (χ4v) is 2.12. The van der Waals surface area contributed by atoms with Crippen LogP contribution >= 0.6 is 17.0 Å². The Hall–Kier alpha value is 0.400. The number of piperidine rings is 1. The molecule has 0 amide bonds. The van der Waals surface area contributed by atoms with Crippen LogP contribution in [0.3, 0.4) is 0 Å². The second-order valence-corrected chi connectivity index (χ2v) is 4.95. The molecular formula is C9H20BrNO. The van der Waals surface area contributed by atoms with E-state index in [9.17, 15) is 5.21 Å². The van der Waals surface area contributed by atoms with Gasteiger partial charge in [0, 0.05) is 12.8 Å². The number of nitrogens with one attached hydrogen (secondary N) is 1. The minimum absolute atomic E-state index is 0. The van der Waals surface area contributed by atoms with E-state index in [-0.39, 0.29) is 28.1 Å². The van der Waals surface area contributed by atoms with E-state index in [4.69, 9.17) is 0 Å². The van der Waals surface area contributed by atoms with Gasteiger partial charge >= 0.3 is 0 Å². The van der Waals surface area contributed by atoms with Crippen LogP contribution < -0.4 is 5.06 Å². The molecule has 0 bridgehead atoms. The summed E-state index contributed by atoms with van der Waals surface area (Å²) in [6.07, 6.45) is 3.33. The first kappa shape index (κ1) is 12.4. The Balaban J connectivity index is 0.00000121. The largest absolute Gasteiger partial charge is 0.634 e. The summed E-state index contributed by atoms with van der Waals surface area (Å²) in [6, 6.07) is 0. The van der Waals surface area contributed by atoms with Crippen LogP contribution in [0.15, 0.2) is 0 Å². The fraction of sp³-hybridized carbons (Fsp3) is 1.00. The lowest BCUT2D eigenvalue weighted by Gasteiger charge is -2.52. The van der Waals surface area contributed by atoms with Crippen molar-refractivity contribution in [3.8, 4) is 0 Å². The normalized spacial score (nSPS) is 27.8. The van der Waals surface area contributed by atoms with Crippen molar-refractivity contribution in [3.05, 3.63) is 5.21 Å². The van der Waals surface area contributed by atoms with Gasteiger partial charge in [-0.05, 0) is 34.1 Å². The zero-order valence-electron chi connectivity index (χ0n) is 8.44. The maximum absolute atomic E-state index is 11.8. The Morgan fingerprint density at radius 2 is 1.33 bits per heavy atom. The van der Waals surface area contributed by atoms with Crippen LogP contribution in [0.2, 0.25) is 0 Å². The van der Waals surface area contributed by atoms with E-state index in [1.807, 2.05) is 0 Å². The van der Waals surface area contributed by atoms with Crippen LogP contribution in [0.4, 0.5) is 0 Å².